The summed E-state index contributed by atoms with van der Waals surface area (Å²) in [6, 6.07) is 5.69. The number of pyridine rings is 1. The van der Waals surface area contributed by atoms with Crippen molar-refractivity contribution in [3.63, 3.8) is 0 Å². The summed E-state index contributed by atoms with van der Waals surface area (Å²) < 4.78 is 23.5. The second-order valence-electron chi connectivity index (χ2n) is 4.81. The molecule has 0 aliphatic rings. The Labute approximate surface area is 142 Å². The molecule has 1 aromatic heterocycles. The smallest absolute Gasteiger partial charge is 0.255 e. The predicted molar refractivity (Wildman–Crippen MR) is 87.4 cm³/mol. The number of aromatic nitrogens is 1. The lowest BCUT2D eigenvalue weighted by Crippen LogP contribution is -2.29. The van der Waals surface area contributed by atoms with Crippen molar-refractivity contribution in [1.82, 2.24) is 10.3 Å². The SMILES string of the molecule is CS(=O)(=O)c1ccc(Cl)cc1CNC(=O)c1cc(Cl)c[nH]c1=N. The zero-order chi connectivity index (χ0) is 17.2. The average Bonchev–Trinajstić information content (AvgIpc) is 2.46. The van der Waals surface area contributed by atoms with Crippen LogP contribution in [-0.4, -0.2) is 25.6 Å². The maximum absolute atomic E-state index is 12.1. The molecule has 0 atom stereocenters. The minimum absolute atomic E-state index is 0.0479. The summed E-state index contributed by atoms with van der Waals surface area (Å²) in [5.41, 5.74) is 0.327. The quantitative estimate of drug-likeness (QED) is 0.764. The van der Waals surface area contributed by atoms with Crippen LogP contribution in [-0.2, 0) is 16.4 Å². The highest BCUT2D eigenvalue weighted by Crippen LogP contribution is 2.20. The van der Waals surface area contributed by atoms with Gasteiger partial charge in [0.05, 0.1) is 15.5 Å². The fourth-order valence-electron chi connectivity index (χ4n) is 1.97. The van der Waals surface area contributed by atoms with Crippen molar-refractivity contribution in [3.05, 3.63) is 57.1 Å². The van der Waals surface area contributed by atoms with E-state index in [2.05, 4.69) is 10.3 Å². The monoisotopic (exact) mass is 373 g/mol. The van der Waals surface area contributed by atoms with Gasteiger partial charge < -0.3 is 10.3 Å². The van der Waals surface area contributed by atoms with Crippen molar-refractivity contribution in [2.45, 2.75) is 11.4 Å². The molecule has 0 saturated heterocycles. The van der Waals surface area contributed by atoms with E-state index in [4.69, 9.17) is 28.6 Å². The molecule has 2 aromatic rings. The Morgan fingerprint density at radius 3 is 2.61 bits per heavy atom. The Morgan fingerprint density at radius 1 is 1.26 bits per heavy atom. The van der Waals surface area contributed by atoms with Gasteiger partial charge in [0, 0.05) is 24.0 Å². The highest BCUT2D eigenvalue weighted by atomic mass is 35.5. The lowest BCUT2D eigenvalue weighted by atomic mass is 10.2. The Balaban J connectivity index is 2.28. The van der Waals surface area contributed by atoms with E-state index in [-0.39, 0.29) is 27.5 Å². The number of carbonyl (C=O) groups is 1. The Bertz CT molecular complexity index is 923. The molecule has 0 unspecified atom stereocenters. The van der Waals surface area contributed by atoms with E-state index < -0.39 is 15.7 Å². The molecule has 0 radical (unpaired) electrons. The summed E-state index contributed by atoms with van der Waals surface area (Å²) >= 11 is 11.7. The van der Waals surface area contributed by atoms with Crippen LogP contribution in [0.1, 0.15) is 15.9 Å². The summed E-state index contributed by atoms with van der Waals surface area (Å²) in [5, 5.41) is 10.9. The molecule has 9 heteroatoms. The molecule has 0 aliphatic carbocycles. The maximum atomic E-state index is 12.1. The molecule has 122 valence electrons. The van der Waals surface area contributed by atoms with E-state index in [1.165, 1.54) is 30.5 Å². The first kappa shape index (κ1) is 17.5. The molecule has 3 N–H and O–H groups in total. The molecule has 1 amide bonds. The number of halogens is 2. The number of nitrogens with one attached hydrogen (secondary N) is 3. The van der Waals surface area contributed by atoms with Crippen molar-refractivity contribution < 1.29 is 13.2 Å². The first-order chi connectivity index (χ1) is 10.7. The van der Waals surface area contributed by atoms with Gasteiger partial charge in [-0.05, 0) is 29.8 Å². The molecule has 0 aliphatic heterocycles. The molecule has 0 fully saturated rings. The molecular weight excluding hydrogens is 361 g/mol. The van der Waals surface area contributed by atoms with Crippen molar-refractivity contribution in [2.75, 3.05) is 6.26 Å². The largest absolute Gasteiger partial charge is 0.348 e. The molecule has 1 heterocycles. The summed E-state index contributed by atoms with van der Waals surface area (Å²) in [6.07, 6.45) is 2.47. The fourth-order valence-corrected chi connectivity index (χ4v) is 3.25. The second kappa shape index (κ2) is 6.74. The predicted octanol–water partition coefficient (Wildman–Crippen LogP) is 2.13. The highest BCUT2D eigenvalue weighted by molar-refractivity contribution is 7.90. The Hall–Kier alpha value is -1.83. The van der Waals surface area contributed by atoms with Crippen LogP contribution in [0.15, 0.2) is 35.4 Å². The zero-order valence-electron chi connectivity index (χ0n) is 12.0. The standard InChI is InChI=1S/C14H13Cl2N3O3S/c1-23(21,22)12-3-2-9(15)4-8(12)6-19-14(20)11-5-10(16)7-18-13(11)17/h2-5,7H,6H2,1H3,(H2,17,18)(H,19,20). The van der Waals surface area contributed by atoms with E-state index in [1.807, 2.05) is 0 Å². The lowest BCUT2D eigenvalue weighted by Gasteiger charge is -2.10. The van der Waals surface area contributed by atoms with Gasteiger partial charge >= 0.3 is 0 Å². The van der Waals surface area contributed by atoms with Gasteiger partial charge in [-0.2, -0.15) is 0 Å². The number of hydrogen-bond acceptors (Lipinski definition) is 4. The van der Waals surface area contributed by atoms with Crippen LogP contribution in [0.3, 0.4) is 0 Å². The number of H-pyrrole nitrogens is 1. The minimum atomic E-state index is -3.45. The van der Waals surface area contributed by atoms with E-state index in [1.54, 1.807) is 0 Å². The number of benzene rings is 1. The summed E-state index contributed by atoms with van der Waals surface area (Å²) in [4.78, 5) is 14.8. The number of carbonyl (C=O) groups excluding carboxylic acids is 1. The lowest BCUT2D eigenvalue weighted by molar-refractivity contribution is 0.0948. The number of hydrogen-bond donors (Lipinski definition) is 3. The summed E-state index contributed by atoms with van der Waals surface area (Å²) in [5.74, 6) is -0.548. The third-order valence-corrected chi connectivity index (χ3v) is 4.66. The highest BCUT2D eigenvalue weighted by Gasteiger charge is 2.15. The third kappa shape index (κ3) is 4.34. The van der Waals surface area contributed by atoms with Gasteiger partial charge in [0.15, 0.2) is 9.84 Å². The van der Waals surface area contributed by atoms with Crippen LogP contribution in [0.2, 0.25) is 10.0 Å². The number of amides is 1. The molecule has 0 saturated carbocycles. The molecule has 2 rings (SSSR count). The molecule has 0 bridgehead atoms. The van der Waals surface area contributed by atoms with E-state index in [0.29, 0.717) is 10.6 Å². The third-order valence-electron chi connectivity index (χ3n) is 3.01. The normalized spacial score (nSPS) is 11.3. The van der Waals surface area contributed by atoms with Crippen molar-refractivity contribution in [3.8, 4) is 0 Å². The second-order valence-corrected chi connectivity index (χ2v) is 7.67. The van der Waals surface area contributed by atoms with Crippen molar-refractivity contribution >= 4 is 38.9 Å². The number of aromatic amines is 1. The average molecular weight is 374 g/mol. The van der Waals surface area contributed by atoms with Crippen LogP contribution >= 0.6 is 23.2 Å². The van der Waals surface area contributed by atoms with Crippen molar-refractivity contribution in [1.29, 1.82) is 5.41 Å². The zero-order valence-corrected chi connectivity index (χ0v) is 14.3. The molecule has 0 spiro atoms. The number of rotatable bonds is 4. The van der Waals surface area contributed by atoms with E-state index in [9.17, 15) is 13.2 Å². The van der Waals surface area contributed by atoms with E-state index >= 15 is 0 Å². The molecule has 23 heavy (non-hydrogen) atoms. The van der Waals surface area contributed by atoms with Crippen LogP contribution < -0.4 is 10.8 Å². The van der Waals surface area contributed by atoms with Gasteiger partial charge in [0.2, 0.25) is 0 Å². The van der Waals surface area contributed by atoms with Gasteiger partial charge in [-0.25, -0.2) is 8.42 Å². The van der Waals surface area contributed by atoms with Gasteiger partial charge in [-0.15, -0.1) is 0 Å². The Morgan fingerprint density at radius 2 is 1.96 bits per heavy atom. The molecular formula is C14H13Cl2N3O3S. The van der Waals surface area contributed by atoms with Crippen molar-refractivity contribution in [2.24, 2.45) is 0 Å². The first-order valence-corrected chi connectivity index (χ1v) is 9.02. The minimum Gasteiger partial charge on any atom is -0.348 e. The van der Waals surface area contributed by atoms with Gasteiger partial charge in [0.25, 0.3) is 5.91 Å². The topological polar surface area (TPSA) is 103 Å². The Kier molecular flexibility index (Phi) is 5.13. The van der Waals surface area contributed by atoms with Crippen LogP contribution in [0, 0.1) is 5.41 Å². The molecule has 1 aromatic carbocycles. The van der Waals surface area contributed by atoms with Gasteiger partial charge in [0.1, 0.15) is 5.49 Å². The first-order valence-electron chi connectivity index (χ1n) is 6.38. The van der Waals surface area contributed by atoms with Crippen LogP contribution in [0.4, 0.5) is 0 Å². The summed E-state index contributed by atoms with van der Waals surface area (Å²) in [7, 11) is -3.45. The maximum Gasteiger partial charge on any atom is 0.255 e. The summed E-state index contributed by atoms with van der Waals surface area (Å²) in [6.45, 7) is -0.0479. The van der Waals surface area contributed by atoms with E-state index in [0.717, 1.165) is 6.26 Å². The van der Waals surface area contributed by atoms with Crippen LogP contribution in [0.5, 0.6) is 0 Å². The van der Waals surface area contributed by atoms with Crippen LogP contribution in [0.25, 0.3) is 0 Å². The van der Waals surface area contributed by atoms with Gasteiger partial charge in [-0.3, -0.25) is 10.2 Å². The van der Waals surface area contributed by atoms with Gasteiger partial charge in [-0.1, -0.05) is 23.2 Å². The molecule has 6 nitrogen and oxygen atoms in total. The fraction of sp³-hybridized carbons (Fsp3) is 0.143. The number of sulfone groups is 1.